The van der Waals surface area contributed by atoms with Gasteiger partial charge in [0.25, 0.3) is 7.82 Å². The molecule has 0 fully saturated rings. The predicted octanol–water partition coefficient (Wildman–Crippen LogP) is 21.5. The highest BCUT2D eigenvalue weighted by Gasteiger charge is 2.23. The van der Waals surface area contributed by atoms with Gasteiger partial charge in [-0.15, -0.1) is 0 Å². The van der Waals surface area contributed by atoms with Crippen molar-refractivity contribution in [2.75, 3.05) is 40.9 Å². The van der Waals surface area contributed by atoms with Crippen LogP contribution in [0.1, 0.15) is 309 Å². The highest BCUT2D eigenvalue weighted by Crippen LogP contribution is 2.38. The van der Waals surface area contributed by atoms with Gasteiger partial charge in [-0.3, -0.25) is 9.36 Å². The largest absolute Gasteiger partial charge is 0.756 e. The van der Waals surface area contributed by atoms with E-state index in [-0.39, 0.29) is 12.5 Å². The predicted molar refractivity (Wildman–Crippen MR) is 357 cm³/mol. The zero-order valence-corrected chi connectivity index (χ0v) is 55.3. The maximum atomic E-state index is 13.0. The molecule has 0 rings (SSSR count). The van der Waals surface area contributed by atoms with Crippen LogP contribution in [-0.4, -0.2) is 68.5 Å². The van der Waals surface area contributed by atoms with Gasteiger partial charge in [-0.2, -0.15) is 0 Å². The van der Waals surface area contributed by atoms with Crippen LogP contribution in [0.2, 0.25) is 0 Å². The Hall–Kier alpha value is -2.58. The number of hydrogen-bond donors (Lipinski definition) is 2. The van der Waals surface area contributed by atoms with Crippen LogP contribution < -0.4 is 10.2 Å². The number of rotatable bonds is 63. The summed E-state index contributed by atoms with van der Waals surface area (Å²) in [6.45, 7) is 4.54. The topological polar surface area (TPSA) is 108 Å². The summed E-state index contributed by atoms with van der Waals surface area (Å²) in [7, 11) is 1.23. The lowest BCUT2D eigenvalue weighted by Gasteiger charge is -2.29. The molecule has 0 heterocycles. The fourth-order valence-corrected chi connectivity index (χ4v) is 10.6. The van der Waals surface area contributed by atoms with Crippen molar-refractivity contribution in [2.24, 2.45) is 0 Å². The number of unbranched alkanes of at least 4 members (excludes halogenated alkanes) is 36. The van der Waals surface area contributed by atoms with Crippen LogP contribution in [0.5, 0.6) is 0 Å². The Morgan fingerprint density at radius 3 is 1.13 bits per heavy atom. The molecule has 0 saturated carbocycles. The summed E-state index contributed by atoms with van der Waals surface area (Å²) in [5.74, 6) is -0.211. The van der Waals surface area contributed by atoms with Gasteiger partial charge in [0.15, 0.2) is 0 Å². The van der Waals surface area contributed by atoms with E-state index >= 15 is 0 Å². The van der Waals surface area contributed by atoms with Crippen molar-refractivity contribution in [3.05, 3.63) is 97.2 Å². The van der Waals surface area contributed by atoms with E-state index in [2.05, 4.69) is 104 Å². The van der Waals surface area contributed by atoms with Crippen molar-refractivity contribution in [1.29, 1.82) is 0 Å². The normalized spacial score (nSPS) is 14.3. The lowest BCUT2D eigenvalue weighted by atomic mass is 10.0. The molecule has 0 saturated heterocycles. The first-order chi connectivity index (χ1) is 40.0. The Bertz CT molecular complexity index is 1660. The molecule has 0 aromatic carbocycles. The number of carbonyl (C=O) groups is 1. The molecule has 82 heavy (non-hydrogen) atoms. The van der Waals surface area contributed by atoms with Gasteiger partial charge in [0.2, 0.25) is 5.91 Å². The van der Waals surface area contributed by atoms with Gasteiger partial charge < -0.3 is 28.8 Å². The first kappa shape index (κ1) is 79.4. The van der Waals surface area contributed by atoms with Crippen LogP contribution in [0.15, 0.2) is 97.2 Å². The Balaban J connectivity index is 4.15. The molecular weight excluding hydrogens is 1030 g/mol. The summed E-state index contributed by atoms with van der Waals surface area (Å²) in [5, 5.41) is 13.9. The van der Waals surface area contributed by atoms with Crippen LogP contribution in [0.25, 0.3) is 0 Å². The number of amides is 1. The third-order valence-corrected chi connectivity index (χ3v) is 16.2. The van der Waals surface area contributed by atoms with E-state index in [0.717, 1.165) is 77.0 Å². The van der Waals surface area contributed by atoms with E-state index < -0.39 is 26.6 Å². The molecule has 1 amide bonds. The third kappa shape index (κ3) is 65.0. The standard InChI is InChI=1S/C73H133N2O6P/c1-6-8-10-12-14-16-18-20-22-24-26-28-30-32-34-36-37-39-41-43-45-47-49-51-53-55-57-59-61-63-65-67-73(77)74-71(70-81-82(78,79)80-69-68-75(3,4)5)72(76)66-64-62-60-58-56-54-52-50-48-46-44-42-40-38-35-33-31-29-27-25-23-21-19-17-15-13-11-9-7-2/h8,10,14,16,20,22,26,28,32,34,48,50,56,58,64,66,71-72,76H,6-7,9,11-13,15,17-19,21,23-25,27,29-31,33,35-47,49,51-55,57,59-63,65,67-70H2,1-5H3,(H-,74,77,78,79)/b10-8-,16-14-,22-20-,28-26-,34-32-,50-48+,58-56+,66-64+. The number of aliphatic hydroxyl groups is 1. The van der Waals surface area contributed by atoms with E-state index in [0.29, 0.717) is 17.4 Å². The SMILES string of the molecule is CC/C=C\C/C=C\C/C=C\C/C=C\C/C=C\CCCCCCCCCCCCCCCCCC(=O)NC(COP(=O)([O-])OCC[N+](C)(C)C)C(O)/C=C/CC/C=C/CC/C=C/CCCCCCCCCCCCCCCCCCCCC. The molecule has 0 radical (unpaired) electrons. The minimum atomic E-state index is -4.62. The zero-order chi connectivity index (χ0) is 59.8. The van der Waals surface area contributed by atoms with Gasteiger partial charge in [0.05, 0.1) is 39.9 Å². The van der Waals surface area contributed by atoms with Crippen LogP contribution in [-0.2, 0) is 18.4 Å². The number of aliphatic hydroxyl groups excluding tert-OH is 1. The first-order valence-corrected chi connectivity index (χ1v) is 36.1. The smallest absolute Gasteiger partial charge is 0.268 e. The summed E-state index contributed by atoms with van der Waals surface area (Å²) in [6.07, 6.45) is 91.0. The van der Waals surface area contributed by atoms with E-state index in [1.807, 2.05) is 27.2 Å². The molecule has 0 aliphatic rings. The highest BCUT2D eigenvalue weighted by atomic mass is 31.2. The molecule has 0 aliphatic carbocycles. The second-order valence-electron chi connectivity index (χ2n) is 24.5. The van der Waals surface area contributed by atoms with Gasteiger partial charge in [-0.05, 0) is 89.9 Å². The minimum Gasteiger partial charge on any atom is -0.756 e. The Kier molecular flexibility index (Phi) is 61.0. The Morgan fingerprint density at radius 2 is 0.756 bits per heavy atom. The molecule has 9 heteroatoms. The van der Waals surface area contributed by atoms with Crippen LogP contribution in [0.4, 0.5) is 0 Å². The minimum absolute atomic E-state index is 0.0120. The maximum Gasteiger partial charge on any atom is 0.268 e. The molecule has 476 valence electrons. The van der Waals surface area contributed by atoms with Crippen molar-refractivity contribution in [3.63, 3.8) is 0 Å². The molecule has 3 unspecified atom stereocenters. The van der Waals surface area contributed by atoms with Crippen molar-refractivity contribution in [1.82, 2.24) is 5.32 Å². The second-order valence-corrected chi connectivity index (χ2v) is 25.9. The van der Waals surface area contributed by atoms with Crippen molar-refractivity contribution in [2.45, 2.75) is 321 Å². The number of nitrogens with zero attached hydrogens (tertiary/aromatic N) is 1. The van der Waals surface area contributed by atoms with Crippen LogP contribution in [0, 0.1) is 0 Å². The summed E-state index contributed by atoms with van der Waals surface area (Å²) in [5.41, 5.74) is 0. The number of phosphoric ester groups is 1. The van der Waals surface area contributed by atoms with E-state index in [1.54, 1.807) is 6.08 Å². The zero-order valence-electron chi connectivity index (χ0n) is 54.4. The summed E-state index contributed by atoms with van der Waals surface area (Å²) < 4.78 is 23.4. The van der Waals surface area contributed by atoms with Crippen LogP contribution >= 0.6 is 7.82 Å². The fourth-order valence-electron chi connectivity index (χ4n) is 9.92. The number of allylic oxidation sites excluding steroid dienone is 15. The molecule has 0 aromatic rings. The molecule has 2 N–H and O–H groups in total. The quantitative estimate of drug-likeness (QED) is 0.0272. The Labute approximate surface area is 509 Å². The lowest BCUT2D eigenvalue weighted by molar-refractivity contribution is -0.870. The number of likely N-dealkylation sites (N-methyl/N-ethyl adjacent to an activating group) is 1. The number of phosphoric acid groups is 1. The monoisotopic (exact) mass is 1160 g/mol. The van der Waals surface area contributed by atoms with Crippen molar-refractivity contribution in [3.8, 4) is 0 Å². The van der Waals surface area contributed by atoms with Gasteiger partial charge >= 0.3 is 0 Å². The van der Waals surface area contributed by atoms with Gasteiger partial charge in [0.1, 0.15) is 13.2 Å². The number of hydrogen-bond acceptors (Lipinski definition) is 6. The van der Waals surface area contributed by atoms with E-state index in [9.17, 15) is 19.4 Å². The van der Waals surface area contributed by atoms with Gasteiger partial charge in [-0.25, -0.2) is 0 Å². The maximum absolute atomic E-state index is 13.0. The molecular formula is C73H133N2O6P. The second kappa shape index (κ2) is 62.9. The molecule has 0 spiro atoms. The molecule has 0 bridgehead atoms. The average Bonchev–Trinajstić information content (AvgIpc) is 3.47. The van der Waals surface area contributed by atoms with Crippen molar-refractivity contribution < 1.29 is 32.9 Å². The highest BCUT2D eigenvalue weighted by molar-refractivity contribution is 7.45. The van der Waals surface area contributed by atoms with E-state index in [4.69, 9.17) is 9.05 Å². The first-order valence-electron chi connectivity index (χ1n) is 34.6. The van der Waals surface area contributed by atoms with Crippen LogP contribution in [0.3, 0.4) is 0 Å². The van der Waals surface area contributed by atoms with Gasteiger partial charge in [0, 0.05) is 6.42 Å². The molecule has 3 atom stereocenters. The summed E-state index contributed by atoms with van der Waals surface area (Å²) >= 11 is 0. The summed E-state index contributed by atoms with van der Waals surface area (Å²) in [4.78, 5) is 25.6. The fraction of sp³-hybridized carbons (Fsp3) is 0.767. The molecule has 0 aromatic heterocycles. The number of quaternary nitrogens is 1. The number of carbonyl (C=O) groups excluding carboxylic acids is 1. The van der Waals surface area contributed by atoms with E-state index in [1.165, 1.54) is 212 Å². The average molecular weight is 1170 g/mol. The van der Waals surface area contributed by atoms with Gasteiger partial charge in [-0.1, -0.05) is 310 Å². The third-order valence-electron chi connectivity index (χ3n) is 15.3. The molecule has 8 nitrogen and oxygen atoms in total. The summed E-state index contributed by atoms with van der Waals surface area (Å²) in [6, 6.07) is -0.917. The number of nitrogens with one attached hydrogen (secondary N) is 1. The Morgan fingerprint density at radius 1 is 0.439 bits per heavy atom. The molecule has 0 aliphatic heterocycles. The lowest BCUT2D eigenvalue weighted by Crippen LogP contribution is -2.45. The van der Waals surface area contributed by atoms with Crippen molar-refractivity contribution >= 4 is 13.7 Å².